The van der Waals surface area contributed by atoms with Gasteiger partial charge in [-0.1, -0.05) is 6.42 Å². The van der Waals surface area contributed by atoms with Crippen molar-refractivity contribution in [2.75, 3.05) is 14.2 Å². The standard InChI is InChI=1S/C17H21BrO3/c1-20-16-8-13(14(18)9-17(16)21-2)15(19)7-12-6-10-3-4-11(12)5-10/h8-12H,3-7H2,1-2H3. The Balaban J connectivity index is 1.78. The maximum atomic E-state index is 12.6. The number of carbonyl (C=O) groups is 1. The first kappa shape index (κ1) is 14.9. The number of benzene rings is 1. The highest BCUT2D eigenvalue weighted by atomic mass is 79.9. The van der Waals surface area contributed by atoms with Crippen LogP contribution in [0.5, 0.6) is 11.5 Å². The van der Waals surface area contributed by atoms with E-state index in [1.165, 1.54) is 25.7 Å². The van der Waals surface area contributed by atoms with E-state index in [2.05, 4.69) is 15.9 Å². The first-order valence-electron chi connectivity index (χ1n) is 7.57. The molecule has 2 aliphatic carbocycles. The molecule has 21 heavy (non-hydrogen) atoms. The Morgan fingerprint density at radius 2 is 1.90 bits per heavy atom. The molecule has 3 nitrogen and oxygen atoms in total. The molecule has 2 aliphatic rings. The number of halogens is 1. The lowest BCUT2D eigenvalue weighted by molar-refractivity contribution is 0.0943. The topological polar surface area (TPSA) is 35.5 Å². The molecule has 0 aliphatic heterocycles. The van der Waals surface area contributed by atoms with Gasteiger partial charge < -0.3 is 9.47 Å². The largest absolute Gasteiger partial charge is 0.493 e. The Hall–Kier alpha value is -1.03. The van der Waals surface area contributed by atoms with Crippen LogP contribution in [0, 0.1) is 17.8 Å². The second-order valence-corrected chi connectivity index (χ2v) is 7.10. The fourth-order valence-corrected chi connectivity index (χ4v) is 4.59. The van der Waals surface area contributed by atoms with Gasteiger partial charge in [0.15, 0.2) is 17.3 Å². The van der Waals surface area contributed by atoms with E-state index < -0.39 is 0 Å². The van der Waals surface area contributed by atoms with Gasteiger partial charge in [-0.2, -0.15) is 0 Å². The number of hydrogen-bond donors (Lipinski definition) is 0. The number of carbonyl (C=O) groups excluding carboxylic acids is 1. The van der Waals surface area contributed by atoms with E-state index in [-0.39, 0.29) is 5.78 Å². The predicted octanol–water partition coefficient (Wildman–Crippen LogP) is 4.48. The molecule has 3 atom stereocenters. The van der Waals surface area contributed by atoms with Crippen molar-refractivity contribution < 1.29 is 14.3 Å². The molecule has 0 heterocycles. The van der Waals surface area contributed by atoms with Crippen LogP contribution in [0.4, 0.5) is 0 Å². The minimum absolute atomic E-state index is 0.209. The molecule has 0 spiro atoms. The van der Waals surface area contributed by atoms with E-state index in [4.69, 9.17) is 9.47 Å². The molecule has 2 saturated carbocycles. The zero-order valence-electron chi connectivity index (χ0n) is 12.5. The number of ether oxygens (including phenoxy) is 2. The van der Waals surface area contributed by atoms with Crippen LogP contribution in [0.1, 0.15) is 42.5 Å². The molecule has 2 bridgehead atoms. The van der Waals surface area contributed by atoms with Crippen molar-refractivity contribution in [3.63, 3.8) is 0 Å². The van der Waals surface area contributed by atoms with Crippen molar-refractivity contribution in [2.24, 2.45) is 17.8 Å². The molecule has 0 aromatic heterocycles. The van der Waals surface area contributed by atoms with E-state index in [9.17, 15) is 4.79 Å². The lowest BCUT2D eigenvalue weighted by Crippen LogP contribution is -2.15. The van der Waals surface area contributed by atoms with Gasteiger partial charge in [0.05, 0.1) is 14.2 Å². The summed E-state index contributed by atoms with van der Waals surface area (Å²) in [4.78, 5) is 12.6. The molecule has 0 N–H and O–H groups in total. The average Bonchev–Trinajstić information content (AvgIpc) is 3.09. The van der Waals surface area contributed by atoms with Crippen LogP contribution >= 0.6 is 15.9 Å². The Labute approximate surface area is 134 Å². The first-order chi connectivity index (χ1) is 10.1. The number of rotatable bonds is 5. The molecular formula is C17H21BrO3. The van der Waals surface area contributed by atoms with Gasteiger partial charge in [-0.25, -0.2) is 0 Å². The third-order valence-electron chi connectivity index (χ3n) is 5.11. The third kappa shape index (κ3) is 2.83. The van der Waals surface area contributed by atoms with Gasteiger partial charge in [0.25, 0.3) is 0 Å². The summed E-state index contributed by atoms with van der Waals surface area (Å²) in [6.45, 7) is 0. The Kier molecular flexibility index (Phi) is 4.25. The van der Waals surface area contributed by atoms with E-state index >= 15 is 0 Å². The van der Waals surface area contributed by atoms with Crippen LogP contribution in [0.25, 0.3) is 0 Å². The Bertz CT molecular complexity index is 555. The van der Waals surface area contributed by atoms with Gasteiger partial charge in [0.2, 0.25) is 0 Å². The zero-order valence-corrected chi connectivity index (χ0v) is 14.1. The van der Waals surface area contributed by atoms with Gasteiger partial charge in [0.1, 0.15) is 0 Å². The smallest absolute Gasteiger partial charge is 0.164 e. The van der Waals surface area contributed by atoms with Gasteiger partial charge >= 0.3 is 0 Å². The van der Waals surface area contributed by atoms with E-state index in [0.29, 0.717) is 29.4 Å². The first-order valence-corrected chi connectivity index (χ1v) is 8.36. The molecule has 0 saturated heterocycles. The fourth-order valence-electron chi connectivity index (χ4n) is 4.04. The molecular weight excluding hydrogens is 332 g/mol. The van der Waals surface area contributed by atoms with Gasteiger partial charge in [0, 0.05) is 16.5 Å². The lowest BCUT2D eigenvalue weighted by atomic mass is 9.84. The highest BCUT2D eigenvalue weighted by molar-refractivity contribution is 9.10. The predicted molar refractivity (Wildman–Crippen MR) is 85.1 cm³/mol. The van der Waals surface area contributed by atoms with Crippen LogP contribution in [0.3, 0.4) is 0 Å². The molecule has 1 aromatic rings. The van der Waals surface area contributed by atoms with Crippen molar-refractivity contribution in [2.45, 2.75) is 32.1 Å². The molecule has 0 radical (unpaired) electrons. The molecule has 2 fully saturated rings. The van der Waals surface area contributed by atoms with E-state index in [1.807, 2.05) is 6.07 Å². The molecule has 1 aromatic carbocycles. The summed E-state index contributed by atoms with van der Waals surface area (Å²) < 4.78 is 11.3. The van der Waals surface area contributed by atoms with Crippen molar-refractivity contribution in [3.8, 4) is 11.5 Å². The maximum absolute atomic E-state index is 12.6. The molecule has 3 rings (SSSR count). The molecule has 114 valence electrons. The van der Waals surface area contributed by atoms with Crippen molar-refractivity contribution in [1.29, 1.82) is 0 Å². The fraction of sp³-hybridized carbons (Fsp3) is 0.588. The second kappa shape index (κ2) is 5.99. The number of methoxy groups -OCH3 is 2. The van der Waals surface area contributed by atoms with Crippen LogP contribution in [-0.4, -0.2) is 20.0 Å². The van der Waals surface area contributed by atoms with E-state index in [1.54, 1.807) is 20.3 Å². The summed E-state index contributed by atoms with van der Waals surface area (Å²) in [5, 5.41) is 0. The summed E-state index contributed by atoms with van der Waals surface area (Å²) >= 11 is 3.49. The summed E-state index contributed by atoms with van der Waals surface area (Å²) in [5.41, 5.74) is 0.704. The number of fused-ring (bicyclic) bond motifs is 2. The van der Waals surface area contributed by atoms with Crippen molar-refractivity contribution in [3.05, 3.63) is 22.2 Å². The number of ketones is 1. The monoisotopic (exact) mass is 352 g/mol. The van der Waals surface area contributed by atoms with Crippen LogP contribution < -0.4 is 9.47 Å². The van der Waals surface area contributed by atoms with Crippen molar-refractivity contribution >= 4 is 21.7 Å². The minimum atomic E-state index is 0.209. The highest BCUT2D eigenvalue weighted by Gasteiger charge is 2.40. The Morgan fingerprint density at radius 3 is 2.48 bits per heavy atom. The molecule has 4 heteroatoms. The van der Waals surface area contributed by atoms with Crippen LogP contribution in [0.2, 0.25) is 0 Å². The normalized spacial score (nSPS) is 26.9. The number of hydrogen-bond acceptors (Lipinski definition) is 3. The van der Waals surface area contributed by atoms with Crippen molar-refractivity contribution in [1.82, 2.24) is 0 Å². The van der Waals surface area contributed by atoms with E-state index in [0.717, 1.165) is 16.3 Å². The lowest BCUT2D eigenvalue weighted by Gasteiger charge is -2.21. The number of Topliss-reactive ketones (excluding diaryl/α,β-unsaturated/α-hetero) is 1. The maximum Gasteiger partial charge on any atom is 0.164 e. The summed E-state index contributed by atoms with van der Waals surface area (Å²) in [6.07, 6.45) is 5.92. The SMILES string of the molecule is COc1cc(Br)c(C(=O)CC2CC3CCC2C3)cc1OC. The quantitative estimate of drug-likeness (QED) is 0.733. The van der Waals surface area contributed by atoms with Gasteiger partial charge in [-0.3, -0.25) is 4.79 Å². The van der Waals surface area contributed by atoms with Gasteiger partial charge in [-0.15, -0.1) is 0 Å². The second-order valence-electron chi connectivity index (χ2n) is 6.25. The van der Waals surface area contributed by atoms with Crippen LogP contribution in [-0.2, 0) is 0 Å². The van der Waals surface area contributed by atoms with Gasteiger partial charge in [-0.05, 0) is 65.1 Å². The Morgan fingerprint density at radius 1 is 1.19 bits per heavy atom. The zero-order chi connectivity index (χ0) is 15.0. The molecule has 0 amide bonds. The van der Waals surface area contributed by atoms with Crippen LogP contribution in [0.15, 0.2) is 16.6 Å². The summed E-state index contributed by atoms with van der Waals surface area (Å²) in [6, 6.07) is 3.60. The third-order valence-corrected chi connectivity index (χ3v) is 5.76. The molecule has 3 unspecified atom stereocenters. The average molecular weight is 353 g/mol. The highest BCUT2D eigenvalue weighted by Crippen LogP contribution is 2.50. The summed E-state index contributed by atoms with van der Waals surface area (Å²) in [7, 11) is 3.19. The summed E-state index contributed by atoms with van der Waals surface area (Å²) in [5.74, 6) is 3.69. The minimum Gasteiger partial charge on any atom is -0.493 e.